The molecule has 0 saturated carbocycles. The highest BCUT2D eigenvalue weighted by atomic mass is 19.1. The summed E-state index contributed by atoms with van der Waals surface area (Å²) < 4.78 is 26.4. The van der Waals surface area contributed by atoms with Gasteiger partial charge in [0, 0.05) is 37.8 Å². The Morgan fingerprint density at radius 1 is 1.42 bits per heavy atom. The Morgan fingerprint density at radius 2 is 2.26 bits per heavy atom. The lowest BCUT2D eigenvalue weighted by molar-refractivity contribution is 0.231. The molecule has 1 aliphatic rings. The highest BCUT2D eigenvalue weighted by molar-refractivity contribution is 5.18. The quantitative estimate of drug-likeness (QED) is 0.790. The Kier molecular flexibility index (Phi) is 5.24. The molecule has 1 fully saturated rings. The van der Waals surface area contributed by atoms with Crippen molar-refractivity contribution >= 4 is 0 Å². The number of benzene rings is 1. The van der Waals surface area contributed by atoms with Gasteiger partial charge < -0.3 is 15.5 Å². The summed E-state index contributed by atoms with van der Waals surface area (Å²) in [4.78, 5) is 2.30. The lowest BCUT2D eigenvalue weighted by Gasteiger charge is -2.30. The number of rotatable bonds is 5. The predicted octanol–water partition coefficient (Wildman–Crippen LogP) is 1.35. The third-order valence-electron chi connectivity index (χ3n) is 3.45. The van der Waals surface area contributed by atoms with Gasteiger partial charge in [-0.25, -0.2) is 8.78 Å². The maximum Gasteiger partial charge on any atom is 0.127 e. The SMILES string of the molecule is CN1CCNC(CCNCc2cc(F)ccc2F)C1. The summed E-state index contributed by atoms with van der Waals surface area (Å²) in [5.41, 5.74) is 0.383. The normalized spacial score (nSPS) is 20.7. The van der Waals surface area contributed by atoms with E-state index < -0.39 is 5.82 Å². The molecule has 0 bridgehead atoms. The fourth-order valence-electron chi connectivity index (χ4n) is 2.36. The molecule has 1 aliphatic heterocycles. The number of halogens is 2. The molecule has 1 heterocycles. The molecular weight excluding hydrogens is 248 g/mol. The van der Waals surface area contributed by atoms with Gasteiger partial charge in [0.05, 0.1) is 0 Å². The van der Waals surface area contributed by atoms with Crippen LogP contribution in [-0.4, -0.2) is 44.2 Å². The van der Waals surface area contributed by atoms with Crippen LogP contribution in [0.4, 0.5) is 8.78 Å². The van der Waals surface area contributed by atoms with Gasteiger partial charge in [0.15, 0.2) is 0 Å². The molecule has 1 aromatic rings. The molecular formula is C14H21F2N3. The summed E-state index contributed by atoms with van der Waals surface area (Å²) in [5, 5.41) is 6.62. The third-order valence-corrected chi connectivity index (χ3v) is 3.45. The maximum atomic E-state index is 13.4. The summed E-state index contributed by atoms with van der Waals surface area (Å²) in [7, 11) is 2.11. The molecule has 1 aromatic carbocycles. The molecule has 2 N–H and O–H groups in total. The predicted molar refractivity (Wildman–Crippen MR) is 72.0 cm³/mol. The van der Waals surface area contributed by atoms with Crippen molar-refractivity contribution in [3.8, 4) is 0 Å². The number of piperazine rings is 1. The standard InChI is InChI=1S/C14H21F2N3/c1-19-7-6-18-13(10-19)4-5-17-9-11-8-12(15)2-3-14(11)16/h2-3,8,13,17-18H,4-7,9-10H2,1H3. The average molecular weight is 269 g/mol. The summed E-state index contributed by atoms with van der Waals surface area (Å²) in [5.74, 6) is -0.752. The van der Waals surface area contributed by atoms with E-state index in [0.717, 1.165) is 38.7 Å². The first-order valence-corrected chi connectivity index (χ1v) is 6.72. The summed E-state index contributed by atoms with van der Waals surface area (Å²) in [6.07, 6.45) is 0.987. The monoisotopic (exact) mass is 269 g/mol. The van der Waals surface area contributed by atoms with E-state index in [9.17, 15) is 8.78 Å². The van der Waals surface area contributed by atoms with E-state index in [2.05, 4.69) is 22.6 Å². The van der Waals surface area contributed by atoms with Crippen LogP contribution < -0.4 is 10.6 Å². The molecule has 2 rings (SSSR count). The van der Waals surface area contributed by atoms with Gasteiger partial charge in [0.1, 0.15) is 11.6 Å². The Morgan fingerprint density at radius 3 is 3.05 bits per heavy atom. The number of hydrogen-bond acceptors (Lipinski definition) is 3. The van der Waals surface area contributed by atoms with Gasteiger partial charge in [0.25, 0.3) is 0 Å². The fourth-order valence-corrected chi connectivity index (χ4v) is 2.36. The highest BCUT2D eigenvalue weighted by Crippen LogP contribution is 2.09. The lowest BCUT2D eigenvalue weighted by Crippen LogP contribution is -2.49. The van der Waals surface area contributed by atoms with E-state index in [4.69, 9.17) is 0 Å². The second-order valence-electron chi connectivity index (χ2n) is 5.11. The fraction of sp³-hybridized carbons (Fsp3) is 0.571. The van der Waals surface area contributed by atoms with Gasteiger partial charge in [-0.2, -0.15) is 0 Å². The Balaban J connectivity index is 1.70. The first kappa shape index (κ1) is 14.4. The molecule has 0 aliphatic carbocycles. The van der Waals surface area contributed by atoms with Gasteiger partial charge in [-0.05, 0) is 38.2 Å². The van der Waals surface area contributed by atoms with Crippen LogP contribution >= 0.6 is 0 Å². The van der Waals surface area contributed by atoms with Crippen LogP contribution in [0.3, 0.4) is 0 Å². The van der Waals surface area contributed by atoms with Crippen molar-refractivity contribution < 1.29 is 8.78 Å². The molecule has 1 atom stereocenters. The van der Waals surface area contributed by atoms with Crippen molar-refractivity contribution in [3.05, 3.63) is 35.4 Å². The van der Waals surface area contributed by atoms with Gasteiger partial charge >= 0.3 is 0 Å². The maximum absolute atomic E-state index is 13.4. The van der Waals surface area contributed by atoms with E-state index in [1.165, 1.54) is 12.1 Å². The van der Waals surface area contributed by atoms with Crippen LogP contribution in [0, 0.1) is 11.6 Å². The highest BCUT2D eigenvalue weighted by Gasteiger charge is 2.15. The second-order valence-corrected chi connectivity index (χ2v) is 5.11. The summed E-state index contributed by atoms with van der Waals surface area (Å²) in [6.45, 7) is 4.29. The van der Waals surface area contributed by atoms with E-state index in [1.807, 2.05) is 0 Å². The average Bonchev–Trinajstić information content (AvgIpc) is 2.39. The number of nitrogens with one attached hydrogen (secondary N) is 2. The minimum atomic E-state index is -0.395. The first-order valence-electron chi connectivity index (χ1n) is 6.72. The van der Waals surface area contributed by atoms with Crippen molar-refractivity contribution in [2.24, 2.45) is 0 Å². The van der Waals surface area contributed by atoms with Crippen LogP contribution in [0.15, 0.2) is 18.2 Å². The van der Waals surface area contributed by atoms with E-state index in [1.54, 1.807) is 0 Å². The molecule has 0 aromatic heterocycles. The van der Waals surface area contributed by atoms with E-state index in [0.29, 0.717) is 18.2 Å². The number of nitrogens with zero attached hydrogens (tertiary/aromatic N) is 1. The van der Waals surface area contributed by atoms with Crippen LogP contribution in [0.25, 0.3) is 0 Å². The van der Waals surface area contributed by atoms with Gasteiger partial charge in [-0.3, -0.25) is 0 Å². The summed E-state index contributed by atoms with van der Waals surface area (Å²) in [6, 6.07) is 4.03. The van der Waals surface area contributed by atoms with Gasteiger partial charge in [-0.1, -0.05) is 0 Å². The molecule has 0 spiro atoms. The summed E-state index contributed by atoms with van der Waals surface area (Å²) >= 11 is 0. The Hall–Kier alpha value is -1.04. The largest absolute Gasteiger partial charge is 0.313 e. The smallest absolute Gasteiger partial charge is 0.127 e. The molecule has 5 heteroatoms. The van der Waals surface area contributed by atoms with E-state index >= 15 is 0 Å². The molecule has 1 unspecified atom stereocenters. The van der Waals surface area contributed by atoms with Crippen LogP contribution in [0.5, 0.6) is 0 Å². The van der Waals surface area contributed by atoms with Gasteiger partial charge in [-0.15, -0.1) is 0 Å². The Bertz CT molecular complexity index is 412. The first-order chi connectivity index (χ1) is 9.15. The van der Waals surface area contributed by atoms with Crippen LogP contribution in [-0.2, 0) is 6.54 Å². The third kappa shape index (κ3) is 4.53. The minimum absolute atomic E-state index is 0.357. The molecule has 3 nitrogen and oxygen atoms in total. The van der Waals surface area contributed by atoms with Crippen molar-refractivity contribution in [3.63, 3.8) is 0 Å². The zero-order chi connectivity index (χ0) is 13.7. The number of hydrogen-bond donors (Lipinski definition) is 2. The van der Waals surface area contributed by atoms with Gasteiger partial charge in [0.2, 0.25) is 0 Å². The molecule has 19 heavy (non-hydrogen) atoms. The molecule has 106 valence electrons. The second kappa shape index (κ2) is 6.93. The lowest BCUT2D eigenvalue weighted by atomic mass is 10.1. The van der Waals surface area contributed by atoms with Crippen LogP contribution in [0.1, 0.15) is 12.0 Å². The van der Waals surface area contributed by atoms with E-state index in [-0.39, 0.29) is 5.82 Å². The van der Waals surface area contributed by atoms with Crippen molar-refractivity contribution in [1.29, 1.82) is 0 Å². The van der Waals surface area contributed by atoms with Crippen molar-refractivity contribution in [1.82, 2.24) is 15.5 Å². The Labute approximate surface area is 113 Å². The zero-order valence-electron chi connectivity index (χ0n) is 11.3. The van der Waals surface area contributed by atoms with Crippen molar-refractivity contribution in [2.45, 2.75) is 19.0 Å². The topological polar surface area (TPSA) is 27.3 Å². The van der Waals surface area contributed by atoms with Crippen LogP contribution in [0.2, 0.25) is 0 Å². The molecule has 0 amide bonds. The molecule has 0 radical (unpaired) electrons. The minimum Gasteiger partial charge on any atom is -0.313 e. The van der Waals surface area contributed by atoms with Crippen molar-refractivity contribution in [2.75, 3.05) is 33.2 Å². The zero-order valence-corrected chi connectivity index (χ0v) is 11.3. The number of likely N-dealkylation sites (N-methyl/N-ethyl adjacent to an activating group) is 1. The molecule has 1 saturated heterocycles.